The Morgan fingerprint density at radius 1 is 0.917 bits per heavy atom. The fourth-order valence-corrected chi connectivity index (χ4v) is 3.36. The molecular weight excluding hydrogens is 450 g/mol. The third-order valence-corrected chi connectivity index (χ3v) is 5.14. The molecule has 5 heteroatoms. The predicted octanol–water partition coefficient (Wildman–Crippen LogP) is 6.75. The highest BCUT2D eigenvalue weighted by Gasteiger charge is 2.15. The SMILES string of the molecule is CCOC(=O)/C(=C/c1cccc(OC)c1OCC=C(C)C)N=C=C(c1ccccc1)c1ccccc1. The number of rotatable bonds is 10. The van der Waals surface area contributed by atoms with Crippen LogP contribution < -0.4 is 9.47 Å². The molecule has 0 fully saturated rings. The van der Waals surface area contributed by atoms with Gasteiger partial charge in [-0.15, -0.1) is 0 Å². The van der Waals surface area contributed by atoms with E-state index in [4.69, 9.17) is 14.2 Å². The van der Waals surface area contributed by atoms with Crippen molar-refractivity contribution >= 4 is 23.5 Å². The Morgan fingerprint density at radius 2 is 1.56 bits per heavy atom. The van der Waals surface area contributed by atoms with E-state index in [9.17, 15) is 4.79 Å². The third-order valence-electron chi connectivity index (χ3n) is 5.14. The molecule has 0 radical (unpaired) electrons. The van der Waals surface area contributed by atoms with Crippen molar-refractivity contribution in [3.05, 3.63) is 113 Å². The summed E-state index contributed by atoms with van der Waals surface area (Å²) in [5.41, 5.74) is 4.51. The molecule has 0 bridgehead atoms. The molecule has 0 aromatic heterocycles. The topological polar surface area (TPSA) is 57.1 Å². The van der Waals surface area contributed by atoms with Crippen LogP contribution in [0.2, 0.25) is 0 Å². The van der Waals surface area contributed by atoms with E-state index in [2.05, 4.69) is 10.9 Å². The zero-order chi connectivity index (χ0) is 25.8. The first-order valence-corrected chi connectivity index (χ1v) is 11.8. The minimum Gasteiger partial charge on any atom is -0.493 e. The molecule has 0 unspecified atom stereocenters. The van der Waals surface area contributed by atoms with Crippen molar-refractivity contribution in [3.63, 3.8) is 0 Å². The van der Waals surface area contributed by atoms with Crippen LogP contribution >= 0.6 is 0 Å². The molecule has 3 aromatic carbocycles. The van der Waals surface area contributed by atoms with E-state index in [-0.39, 0.29) is 12.3 Å². The zero-order valence-corrected chi connectivity index (χ0v) is 21.2. The largest absolute Gasteiger partial charge is 0.493 e. The number of para-hydroxylation sites is 1. The van der Waals surface area contributed by atoms with E-state index in [1.807, 2.05) is 98.8 Å². The van der Waals surface area contributed by atoms with Crippen molar-refractivity contribution in [1.29, 1.82) is 0 Å². The van der Waals surface area contributed by atoms with Gasteiger partial charge in [0.25, 0.3) is 0 Å². The lowest BCUT2D eigenvalue weighted by molar-refractivity contribution is -0.138. The van der Waals surface area contributed by atoms with Crippen molar-refractivity contribution in [2.75, 3.05) is 20.3 Å². The predicted molar refractivity (Wildman–Crippen MR) is 145 cm³/mol. The summed E-state index contributed by atoms with van der Waals surface area (Å²) in [6.45, 7) is 6.36. The Hall–Kier alpha value is -4.34. The van der Waals surface area contributed by atoms with Gasteiger partial charge in [-0.3, -0.25) is 0 Å². The number of methoxy groups -OCH3 is 1. The molecule has 0 aliphatic rings. The van der Waals surface area contributed by atoms with Gasteiger partial charge in [0.05, 0.1) is 19.3 Å². The quantitative estimate of drug-likeness (QED) is 0.139. The Kier molecular flexibility index (Phi) is 9.87. The van der Waals surface area contributed by atoms with Gasteiger partial charge in [0.1, 0.15) is 6.61 Å². The average Bonchev–Trinajstić information content (AvgIpc) is 2.90. The minimum absolute atomic E-state index is 0.0986. The minimum atomic E-state index is -0.552. The number of benzene rings is 3. The fraction of sp³-hybridized carbons (Fsp3) is 0.194. The van der Waals surface area contributed by atoms with E-state index in [0.717, 1.165) is 22.3 Å². The number of esters is 1. The first kappa shape index (κ1) is 26.3. The second-order valence-corrected chi connectivity index (χ2v) is 8.05. The Labute approximate surface area is 213 Å². The monoisotopic (exact) mass is 481 g/mol. The fourth-order valence-electron chi connectivity index (χ4n) is 3.36. The summed E-state index contributed by atoms with van der Waals surface area (Å²) in [6, 6.07) is 25.1. The normalized spacial score (nSPS) is 10.6. The van der Waals surface area contributed by atoms with Crippen LogP contribution in [0.4, 0.5) is 0 Å². The van der Waals surface area contributed by atoms with E-state index in [1.54, 1.807) is 20.1 Å². The maximum absolute atomic E-state index is 12.9. The van der Waals surface area contributed by atoms with Crippen molar-refractivity contribution in [1.82, 2.24) is 0 Å². The van der Waals surface area contributed by atoms with Crippen LogP contribution in [0.3, 0.4) is 0 Å². The van der Waals surface area contributed by atoms with Crippen molar-refractivity contribution in [2.24, 2.45) is 4.99 Å². The van der Waals surface area contributed by atoms with Gasteiger partial charge in [-0.05, 0) is 56.0 Å². The standard InChI is InChI=1S/C31H31NO4/c1-5-35-31(33)28(21-26-17-12-18-29(34-4)30(26)36-20-19-23(2)3)32-22-27(24-13-8-6-9-14-24)25-15-10-7-11-16-25/h6-19,21H,5,20H2,1-4H3/b28-21-. The Bertz CT molecular complexity index is 1240. The summed E-state index contributed by atoms with van der Waals surface area (Å²) < 4.78 is 16.8. The molecule has 0 N–H and O–H groups in total. The number of allylic oxidation sites excluding steroid dienone is 1. The van der Waals surface area contributed by atoms with Gasteiger partial charge in [0.2, 0.25) is 0 Å². The van der Waals surface area contributed by atoms with Crippen LogP contribution in [0, 0.1) is 0 Å². The second-order valence-electron chi connectivity index (χ2n) is 8.05. The highest BCUT2D eigenvalue weighted by atomic mass is 16.5. The number of aliphatic imine (C=N–C) groups is 1. The molecule has 3 rings (SSSR count). The van der Waals surface area contributed by atoms with Gasteiger partial charge in [0, 0.05) is 5.56 Å². The Morgan fingerprint density at radius 3 is 2.11 bits per heavy atom. The van der Waals surface area contributed by atoms with Crippen LogP contribution in [0.15, 0.2) is 101 Å². The van der Waals surface area contributed by atoms with Crippen LogP contribution in [0.5, 0.6) is 11.5 Å². The van der Waals surface area contributed by atoms with Crippen molar-refractivity contribution in [2.45, 2.75) is 20.8 Å². The number of carbonyl (C=O) groups excluding carboxylic acids is 1. The van der Waals surface area contributed by atoms with Gasteiger partial charge in [-0.25, -0.2) is 4.79 Å². The van der Waals surface area contributed by atoms with Crippen LogP contribution in [-0.2, 0) is 9.53 Å². The molecule has 36 heavy (non-hydrogen) atoms. The summed E-state index contributed by atoms with van der Waals surface area (Å²) >= 11 is 0. The molecule has 0 saturated heterocycles. The van der Waals surface area contributed by atoms with E-state index < -0.39 is 5.97 Å². The molecule has 0 aliphatic heterocycles. The molecule has 0 atom stereocenters. The van der Waals surface area contributed by atoms with Crippen molar-refractivity contribution in [3.8, 4) is 11.5 Å². The molecular formula is C31H31NO4. The summed E-state index contributed by atoms with van der Waals surface area (Å²) in [4.78, 5) is 17.4. The summed E-state index contributed by atoms with van der Waals surface area (Å²) in [6.07, 6.45) is 3.61. The molecule has 0 saturated carbocycles. The smallest absolute Gasteiger partial charge is 0.357 e. The van der Waals surface area contributed by atoms with Crippen LogP contribution in [0.1, 0.15) is 37.5 Å². The number of hydrogen-bond acceptors (Lipinski definition) is 5. The molecule has 3 aromatic rings. The number of ether oxygens (including phenoxy) is 3. The highest BCUT2D eigenvalue weighted by Crippen LogP contribution is 2.33. The lowest BCUT2D eigenvalue weighted by atomic mass is 9.99. The van der Waals surface area contributed by atoms with Gasteiger partial charge in [0.15, 0.2) is 17.2 Å². The van der Waals surface area contributed by atoms with E-state index in [1.165, 1.54) is 0 Å². The second kappa shape index (κ2) is 13.5. The third kappa shape index (κ3) is 7.33. The average molecular weight is 482 g/mol. The van der Waals surface area contributed by atoms with E-state index in [0.29, 0.717) is 23.7 Å². The highest BCUT2D eigenvalue weighted by molar-refractivity contribution is 6.02. The van der Waals surface area contributed by atoms with Gasteiger partial charge < -0.3 is 14.2 Å². The summed E-state index contributed by atoms with van der Waals surface area (Å²) in [5.74, 6) is 3.63. The van der Waals surface area contributed by atoms with Gasteiger partial charge in [-0.1, -0.05) is 78.4 Å². The summed E-state index contributed by atoms with van der Waals surface area (Å²) in [5, 5.41) is 0. The zero-order valence-electron chi connectivity index (χ0n) is 21.2. The maximum atomic E-state index is 12.9. The first-order chi connectivity index (χ1) is 17.5. The van der Waals surface area contributed by atoms with Crippen LogP contribution in [0.25, 0.3) is 11.6 Å². The molecule has 0 spiro atoms. The van der Waals surface area contributed by atoms with E-state index >= 15 is 0 Å². The molecule has 0 amide bonds. The lowest BCUT2D eigenvalue weighted by Crippen LogP contribution is -2.06. The molecule has 0 aliphatic carbocycles. The lowest BCUT2D eigenvalue weighted by Gasteiger charge is -2.13. The molecule has 5 nitrogen and oxygen atoms in total. The Balaban J connectivity index is 2.16. The molecule has 184 valence electrons. The summed E-state index contributed by atoms with van der Waals surface area (Å²) in [7, 11) is 1.58. The number of hydrogen-bond donors (Lipinski definition) is 0. The number of carbonyl (C=O) groups is 1. The van der Waals surface area contributed by atoms with Gasteiger partial charge in [-0.2, -0.15) is 4.99 Å². The first-order valence-electron chi connectivity index (χ1n) is 11.8. The van der Waals surface area contributed by atoms with Gasteiger partial charge >= 0.3 is 5.97 Å². The van der Waals surface area contributed by atoms with Crippen LogP contribution in [-0.4, -0.2) is 32.2 Å². The molecule has 0 heterocycles. The van der Waals surface area contributed by atoms with Crippen molar-refractivity contribution < 1.29 is 19.0 Å². The number of nitrogens with zero attached hydrogens (tertiary/aromatic N) is 1. The maximum Gasteiger partial charge on any atom is 0.357 e.